The molecule has 0 fully saturated rings. The molecule has 2 aromatic carbocycles. The topological polar surface area (TPSA) is 116 Å². The van der Waals surface area contributed by atoms with Crippen LogP contribution in [-0.4, -0.2) is 28.6 Å². The second-order valence-corrected chi connectivity index (χ2v) is 4.99. The molecule has 1 aliphatic rings. The molecule has 1 N–H and O–H groups in total. The Labute approximate surface area is 135 Å². The second-order valence-electron chi connectivity index (χ2n) is 4.99. The first-order chi connectivity index (χ1) is 11.5. The molecule has 8 nitrogen and oxygen atoms in total. The molecule has 1 atom stereocenters. The van der Waals surface area contributed by atoms with E-state index in [4.69, 9.17) is 4.74 Å². The number of hydrogen-bond donors (Lipinski definition) is 1. The third-order valence-electron chi connectivity index (χ3n) is 3.48. The molecule has 1 amide bonds. The Hall–Kier alpha value is -3.55. The van der Waals surface area contributed by atoms with Gasteiger partial charge < -0.3 is 10.1 Å². The number of amides is 1. The van der Waals surface area contributed by atoms with E-state index in [0.717, 1.165) is 0 Å². The smallest absolute Gasteiger partial charge is 0.342 e. The maximum atomic E-state index is 12.3. The third-order valence-corrected chi connectivity index (χ3v) is 3.48. The first kappa shape index (κ1) is 15.3. The lowest BCUT2D eigenvalue weighted by atomic mass is 9.94. The largest absolute Gasteiger partial charge is 0.425 e. The van der Waals surface area contributed by atoms with Crippen LogP contribution in [0.3, 0.4) is 0 Å². The molecule has 24 heavy (non-hydrogen) atoms. The Balaban J connectivity index is 1.80. The highest BCUT2D eigenvalue weighted by molar-refractivity contribution is 6.22. The summed E-state index contributed by atoms with van der Waals surface area (Å²) in [7, 11) is 0. The summed E-state index contributed by atoms with van der Waals surface area (Å²) in [6.45, 7) is 0. The van der Waals surface area contributed by atoms with Crippen molar-refractivity contribution in [2.45, 2.75) is 6.04 Å². The number of nitro benzene ring substituents is 1. The summed E-state index contributed by atoms with van der Waals surface area (Å²) in [6.07, 6.45) is 0. The molecule has 2 aromatic rings. The molecule has 0 saturated carbocycles. The number of carbonyl (C=O) groups excluding carboxylic acids is 3. The van der Waals surface area contributed by atoms with Gasteiger partial charge in [0.25, 0.3) is 11.6 Å². The Morgan fingerprint density at radius 2 is 1.67 bits per heavy atom. The van der Waals surface area contributed by atoms with Gasteiger partial charge in [-0.3, -0.25) is 19.7 Å². The van der Waals surface area contributed by atoms with Gasteiger partial charge in [-0.25, -0.2) is 4.79 Å². The lowest BCUT2D eigenvalue weighted by molar-refractivity contribution is -0.384. The molecule has 1 unspecified atom stereocenters. The summed E-state index contributed by atoms with van der Waals surface area (Å²) in [5.74, 6) is -2.05. The van der Waals surface area contributed by atoms with Crippen LogP contribution < -0.4 is 10.1 Å². The number of non-ortho nitro benzene ring substituents is 1. The number of ether oxygens (including phenoxy) is 1. The van der Waals surface area contributed by atoms with Crippen LogP contribution in [0.1, 0.15) is 20.7 Å². The van der Waals surface area contributed by atoms with Crippen LogP contribution in [-0.2, 0) is 4.79 Å². The van der Waals surface area contributed by atoms with E-state index in [1.807, 2.05) is 0 Å². The van der Waals surface area contributed by atoms with Gasteiger partial charge in [0.1, 0.15) is 5.75 Å². The lowest BCUT2D eigenvalue weighted by Gasteiger charge is -2.22. The van der Waals surface area contributed by atoms with E-state index in [-0.39, 0.29) is 22.6 Å². The van der Waals surface area contributed by atoms with Gasteiger partial charge in [0.15, 0.2) is 11.8 Å². The Morgan fingerprint density at radius 1 is 1.04 bits per heavy atom. The van der Waals surface area contributed by atoms with Crippen LogP contribution in [0.15, 0.2) is 48.5 Å². The van der Waals surface area contributed by atoms with Gasteiger partial charge in [-0.1, -0.05) is 18.2 Å². The second kappa shape index (κ2) is 5.92. The van der Waals surface area contributed by atoms with E-state index in [1.165, 1.54) is 36.4 Å². The average molecular weight is 326 g/mol. The number of nitrogens with zero attached hydrogens (tertiary/aromatic N) is 1. The van der Waals surface area contributed by atoms with E-state index in [1.54, 1.807) is 12.1 Å². The number of Topliss-reactive ketones (excluding diaryl/α,β-unsaturated/α-hetero) is 1. The summed E-state index contributed by atoms with van der Waals surface area (Å²) in [5.41, 5.74) is 0.180. The lowest BCUT2D eigenvalue weighted by Crippen LogP contribution is -2.52. The highest BCUT2D eigenvalue weighted by Gasteiger charge is 2.37. The fraction of sp³-hybridized carbons (Fsp3) is 0.0625. The summed E-state index contributed by atoms with van der Waals surface area (Å²) >= 11 is 0. The maximum Gasteiger partial charge on any atom is 0.342 e. The van der Waals surface area contributed by atoms with Crippen LogP contribution in [0.2, 0.25) is 0 Å². The van der Waals surface area contributed by atoms with E-state index in [9.17, 15) is 24.5 Å². The SMILES string of the molecule is O=C1NC(C(=O)Oc2ccc([N+](=O)[O-])cc2)C(=O)c2ccccc21. The first-order valence-corrected chi connectivity index (χ1v) is 6.87. The molecule has 3 rings (SSSR count). The number of hydrogen-bond acceptors (Lipinski definition) is 6. The van der Waals surface area contributed by atoms with Crippen molar-refractivity contribution < 1.29 is 24.0 Å². The van der Waals surface area contributed by atoms with Crippen molar-refractivity contribution in [3.8, 4) is 5.75 Å². The Kier molecular flexibility index (Phi) is 3.78. The number of ketones is 1. The van der Waals surface area contributed by atoms with Crippen molar-refractivity contribution >= 4 is 23.3 Å². The summed E-state index contributed by atoms with van der Waals surface area (Å²) in [5, 5.41) is 12.9. The molecular weight excluding hydrogens is 316 g/mol. The minimum Gasteiger partial charge on any atom is -0.425 e. The van der Waals surface area contributed by atoms with E-state index >= 15 is 0 Å². The number of nitrogens with one attached hydrogen (secondary N) is 1. The fourth-order valence-electron chi connectivity index (χ4n) is 2.30. The number of carbonyl (C=O) groups is 3. The van der Waals surface area contributed by atoms with Crippen LogP contribution in [0.4, 0.5) is 5.69 Å². The monoisotopic (exact) mass is 326 g/mol. The average Bonchev–Trinajstić information content (AvgIpc) is 2.58. The number of nitro groups is 1. The minimum atomic E-state index is -1.46. The van der Waals surface area contributed by atoms with Crippen LogP contribution in [0.5, 0.6) is 5.75 Å². The predicted molar refractivity (Wildman–Crippen MR) is 80.8 cm³/mol. The van der Waals surface area contributed by atoms with Crippen molar-refractivity contribution in [3.63, 3.8) is 0 Å². The normalized spacial score (nSPS) is 16.1. The molecule has 0 radical (unpaired) electrons. The standard InChI is InChI=1S/C16H10N2O6/c19-14-11-3-1-2-4-12(11)15(20)17-13(14)16(21)24-10-7-5-9(6-8-10)18(22)23/h1-8,13H,(H,17,20). The van der Waals surface area contributed by atoms with Gasteiger partial charge >= 0.3 is 5.97 Å². The van der Waals surface area contributed by atoms with Gasteiger partial charge in [0.05, 0.1) is 10.5 Å². The number of benzene rings is 2. The molecule has 120 valence electrons. The molecule has 0 saturated heterocycles. The van der Waals surface area contributed by atoms with Crippen LogP contribution >= 0.6 is 0 Å². The zero-order valence-corrected chi connectivity index (χ0v) is 12.1. The molecule has 0 bridgehead atoms. The molecule has 0 aromatic heterocycles. The van der Waals surface area contributed by atoms with Crippen molar-refractivity contribution in [1.82, 2.24) is 5.32 Å². The molecule has 0 spiro atoms. The fourth-order valence-corrected chi connectivity index (χ4v) is 2.30. The summed E-state index contributed by atoms with van der Waals surface area (Å²) < 4.78 is 5.03. The number of rotatable bonds is 3. The van der Waals surface area contributed by atoms with Crippen molar-refractivity contribution in [3.05, 3.63) is 69.8 Å². The van der Waals surface area contributed by atoms with Gasteiger partial charge in [-0.05, 0) is 18.2 Å². The van der Waals surface area contributed by atoms with Gasteiger partial charge in [-0.15, -0.1) is 0 Å². The van der Waals surface area contributed by atoms with Gasteiger partial charge in [0.2, 0.25) is 0 Å². The highest BCUT2D eigenvalue weighted by Crippen LogP contribution is 2.20. The predicted octanol–water partition coefficient (Wildman–Crippen LogP) is 1.50. The molecule has 0 aliphatic carbocycles. The zero-order chi connectivity index (χ0) is 17.3. The van der Waals surface area contributed by atoms with E-state index < -0.39 is 28.6 Å². The zero-order valence-electron chi connectivity index (χ0n) is 12.1. The van der Waals surface area contributed by atoms with Crippen LogP contribution in [0.25, 0.3) is 0 Å². The minimum absolute atomic E-state index is 0.0338. The van der Waals surface area contributed by atoms with E-state index in [0.29, 0.717) is 0 Å². The molecule has 8 heteroatoms. The molecule has 1 heterocycles. The quantitative estimate of drug-likeness (QED) is 0.300. The summed E-state index contributed by atoms with van der Waals surface area (Å²) in [6, 6.07) is 9.50. The van der Waals surface area contributed by atoms with Crippen molar-refractivity contribution in [1.29, 1.82) is 0 Å². The number of fused-ring (bicyclic) bond motifs is 1. The molecule has 1 aliphatic heterocycles. The van der Waals surface area contributed by atoms with E-state index in [2.05, 4.69) is 5.32 Å². The van der Waals surface area contributed by atoms with Gasteiger partial charge in [-0.2, -0.15) is 0 Å². The first-order valence-electron chi connectivity index (χ1n) is 6.87. The van der Waals surface area contributed by atoms with Crippen LogP contribution in [0, 0.1) is 10.1 Å². The van der Waals surface area contributed by atoms with Gasteiger partial charge in [0, 0.05) is 17.7 Å². The number of esters is 1. The molecular formula is C16H10N2O6. The third kappa shape index (κ3) is 2.72. The highest BCUT2D eigenvalue weighted by atomic mass is 16.6. The Bertz CT molecular complexity index is 859. The van der Waals surface area contributed by atoms with Crippen molar-refractivity contribution in [2.75, 3.05) is 0 Å². The Morgan fingerprint density at radius 3 is 2.29 bits per heavy atom. The summed E-state index contributed by atoms with van der Waals surface area (Å²) in [4.78, 5) is 46.5. The van der Waals surface area contributed by atoms with Crippen molar-refractivity contribution in [2.24, 2.45) is 0 Å². The maximum absolute atomic E-state index is 12.3.